The van der Waals surface area contributed by atoms with Crippen molar-refractivity contribution in [3.63, 3.8) is 0 Å². The minimum absolute atomic E-state index is 0.00226. The van der Waals surface area contributed by atoms with E-state index in [1.807, 2.05) is 0 Å². The number of methoxy groups -OCH3 is 1. The maximum atomic E-state index is 12.9. The van der Waals surface area contributed by atoms with E-state index in [-0.39, 0.29) is 46.3 Å². The molecule has 11 atom stereocenters. The SMILES string of the molecule is COc1cc(O)c(C2CC(=O)c3c(O)cc(O[C@@H]4O[C@H](CO[C@@H]5O[C@@H](C)[C@H](O)[C@@H](O)[C@H]5O)[C@@H](O)[C@H](O)[C@H]4O)cc3O2)cc1O. The van der Waals surface area contributed by atoms with Gasteiger partial charge >= 0.3 is 0 Å². The van der Waals surface area contributed by atoms with Crippen LogP contribution < -0.4 is 14.2 Å². The molecule has 0 spiro atoms. The summed E-state index contributed by atoms with van der Waals surface area (Å²) in [5, 5.41) is 92.7. The average molecular weight is 627 g/mol. The Balaban J connectivity index is 1.32. The van der Waals surface area contributed by atoms with Crippen molar-refractivity contribution >= 4 is 5.78 Å². The third-order valence-corrected chi connectivity index (χ3v) is 7.80. The molecular weight excluding hydrogens is 592 g/mol. The highest BCUT2D eigenvalue weighted by molar-refractivity contribution is 6.02. The quantitative estimate of drug-likeness (QED) is 0.159. The summed E-state index contributed by atoms with van der Waals surface area (Å²) < 4.78 is 32.9. The summed E-state index contributed by atoms with van der Waals surface area (Å²) >= 11 is 0. The highest BCUT2D eigenvalue weighted by Crippen LogP contribution is 2.45. The second-order valence-electron chi connectivity index (χ2n) is 10.8. The van der Waals surface area contributed by atoms with Crippen LogP contribution in [0.25, 0.3) is 0 Å². The number of Topliss-reactive ketones (excluding diaryl/α,β-unsaturated/α-hetero) is 1. The van der Waals surface area contributed by atoms with Crippen molar-refractivity contribution in [1.82, 2.24) is 0 Å². The summed E-state index contributed by atoms with van der Waals surface area (Å²) in [5.41, 5.74) is -0.104. The van der Waals surface area contributed by atoms with Crippen LogP contribution in [0.15, 0.2) is 24.3 Å². The van der Waals surface area contributed by atoms with Crippen molar-refractivity contribution in [1.29, 1.82) is 0 Å². The highest BCUT2D eigenvalue weighted by atomic mass is 16.7. The van der Waals surface area contributed by atoms with Gasteiger partial charge in [-0.25, -0.2) is 0 Å². The van der Waals surface area contributed by atoms with Crippen LogP contribution in [-0.2, 0) is 14.2 Å². The summed E-state index contributed by atoms with van der Waals surface area (Å²) in [6.45, 7) is 0.929. The van der Waals surface area contributed by atoms with Crippen molar-refractivity contribution < 1.29 is 79.2 Å². The molecule has 0 radical (unpaired) electrons. The van der Waals surface area contributed by atoms with Gasteiger partial charge in [0, 0.05) is 23.8 Å². The fourth-order valence-corrected chi connectivity index (χ4v) is 5.28. The van der Waals surface area contributed by atoms with Gasteiger partial charge in [0.25, 0.3) is 0 Å². The fourth-order valence-electron chi connectivity index (χ4n) is 5.28. The fraction of sp³-hybridized carbons (Fsp3) is 0.536. The minimum atomic E-state index is -1.80. The summed E-state index contributed by atoms with van der Waals surface area (Å²) in [6.07, 6.45) is -16.6. The van der Waals surface area contributed by atoms with Gasteiger partial charge in [0.1, 0.15) is 77.4 Å². The Labute approximate surface area is 249 Å². The van der Waals surface area contributed by atoms with Crippen LogP contribution in [0.5, 0.6) is 34.5 Å². The number of hydrogen-bond acceptors (Lipinski definition) is 16. The number of carbonyl (C=O) groups excluding carboxylic acids is 1. The molecule has 16 heteroatoms. The number of aromatic hydroxyl groups is 3. The monoisotopic (exact) mass is 626 g/mol. The molecule has 0 amide bonds. The van der Waals surface area contributed by atoms with Gasteiger partial charge in [0.15, 0.2) is 23.6 Å². The van der Waals surface area contributed by atoms with E-state index in [4.69, 9.17) is 28.4 Å². The zero-order valence-corrected chi connectivity index (χ0v) is 23.5. The number of aliphatic hydroxyl groups excluding tert-OH is 6. The molecule has 44 heavy (non-hydrogen) atoms. The third-order valence-electron chi connectivity index (χ3n) is 7.80. The first kappa shape index (κ1) is 32.0. The van der Waals surface area contributed by atoms with Crippen molar-refractivity contribution in [3.8, 4) is 34.5 Å². The van der Waals surface area contributed by atoms with Gasteiger partial charge in [0.2, 0.25) is 6.29 Å². The first-order chi connectivity index (χ1) is 20.8. The Kier molecular flexibility index (Phi) is 9.08. The number of hydrogen-bond donors (Lipinski definition) is 9. The predicted molar refractivity (Wildman–Crippen MR) is 142 cm³/mol. The van der Waals surface area contributed by atoms with E-state index in [1.165, 1.54) is 26.2 Å². The molecule has 2 saturated heterocycles. The molecule has 3 aliphatic rings. The molecule has 1 unspecified atom stereocenters. The summed E-state index contributed by atoms with van der Waals surface area (Å²) in [4.78, 5) is 12.9. The molecule has 2 aromatic rings. The van der Waals surface area contributed by atoms with Crippen molar-refractivity contribution in [3.05, 3.63) is 35.4 Å². The highest BCUT2D eigenvalue weighted by Gasteiger charge is 2.47. The van der Waals surface area contributed by atoms with Crippen molar-refractivity contribution in [2.45, 2.75) is 80.9 Å². The van der Waals surface area contributed by atoms with Crippen LogP contribution in [0.3, 0.4) is 0 Å². The average Bonchev–Trinajstić information content (AvgIpc) is 2.98. The zero-order chi connectivity index (χ0) is 32.0. The van der Waals surface area contributed by atoms with Gasteiger partial charge in [-0.15, -0.1) is 0 Å². The lowest BCUT2D eigenvalue weighted by Crippen LogP contribution is -2.61. The Morgan fingerprint density at radius 1 is 0.795 bits per heavy atom. The smallest absolute Gasteiger partial charge is 0.229 e. The molecule has 0 aliphatic carbocycles. The summed E-state index contributed by atoms with van der Waals surface area (Å²) in [7, 11) is 1.30. The Morgan fingerprint density at radius 2 is 1.48 bits per heavy atom. The molecule has 2 aromatic carbocycles. The standard InChI is InChI=1S/C28H34O16/c1-9-21(33)23(35)25(37)27(41-9)40-8-19-22(34)24(36)26(38)28(44-19)42-10-3-14(31)20-15(32)7-16(43-18(20)4-10)11-5-13(30)17(39-2)6-12(11)29/h3-6,9,16,19,21-31,33-38H,7-8H2,1-2H3/t9-,16?,19+,21-,22+,23+,24-,25+,26+,27+,28+/m0/s1. The van der Waals surface area contributed by atoms with Crippen LogP contribution in [0, 0.1) is 0 Å². The predicted octanol–water partition coefficient (Wildman–Crippen LogP) is -1.45. The summed E-state index contributed by atoms with van der Waals surface area (Å²) in [6, 6.07) is 4.59. The third kappa shape index (κ3) is 5.95. The number of ketones is 1. The van der Waals surface area contributed by atoms with Gasteiger partial charge in [-0.2, -0.15) is 0 Å². The maximum Gasteiger partial charge on any atom is 0.229 e. The number of aliphatic hydroxyl groups is 6. The van der Waals surface area contributed by atoms with Crippen LogP contribution in [-0.4, -0.2) is 127 Å². The number of ether oxygens (including phenoxy) is 6. The molecular formula is C28H34O16. The Bertz CT molecular complexity index is 1370. The molecule has 0 aromatic heterocycles. The maximum absolute atomic E-state index is 12.9. The lowest BCUT2D eigenvalue weighted by molar-refractivity contribution is -0.318. The van der Waals surface area contributed by atoms with Crippen LogP contribution in [0.1, 0.15) is 35.4 Å². The second kappa shape index (κ2) is 12.5. The van der Waals surface area contributed by atoms with E-state index >= 15 is 0 Å². The minimum Gasteiger partial charge on any atom is -0.507 e. The van der Waals surface area contributed by atoms with E-state index < -0.39 is 85.7 Å². The van der Waals surface area contributed by atoms with Gasteiger partial charge in [-0.05, 0) is 13.0 Å². The van der Waals surface area contributed by atoms with E-state index in [1.54, 1.807) is 0 Å². The number of benzene rings is 2. The van der Waals surface area contributed by atoms with Gasteiger partial charge in [0.05, 0.1) is 26.2 Å². The van der Waals surface area contributed by atoms with Crippen molar-refractivity contribution in [2.24, 2.45) is 0 Å². The second-order valence-corrected chi connectivity index (χ2v) is 10.8. The lowest BCUT2D eigenvalue weighted by Gasteiger charge is -2.42. The first-order valence-electron chi connectivity index (χ1n) is 13.6. The molecule has 3 aliphatic heterocycles. The lowest BCUT2D eigenvalue weighted by atomic mass is 9.94. The normalized spacial score (nSPS) is 35.5. The molecule has 3 heterocycles. The number of fused-ring (bicyclic) bond motifs is 1. The van der Waals surface area contributed by atoms with Gasteiger partial charge in [-0.1, -0.05) is 0 Å². The molecule has 9 N–H and O–H groups in total. The first-order valence-corrected chi connectivity index (χ1v) is 13.6. The number of phenols is 3. The molecule has 16 nitrogen and oxygen atoms in total. The number of rotatable bonds is 7. The zero-order valence-electron chi connectivity index (χ0n) is 23.5. The summed E-state index contributed by atoms with van der Waals surface area (Å²) in [5.74, 6) is -2.04. The molecule has 2 fully saturated rings. The topological polar surface area (TPSA) is 255 Å². The van der Waals surface area contributed by atoms with Crippen LogP contribution >= 0.6 is 0 Å². The number of phenolic OH excluding ortho intramolecular Hbond substituents is 3. The molecule has 0 bridgehead atoms. The Morgan fingerprint density at radius 3 is 2.18 bits per heavy atom. The van der Waals surface area contributed by atoms with Gasteiger partial charge < -0.3 is 74.4 Å². The molecule has 5 rings (SSSR count). The van der Waals surface area contributed by atoms with Crippen LogP contribution in [0.4, 0.5) is 0 Å². The Hall–Kier alpha value is -3.45. The number of carbonyl (C=O) groups is 1. The molecule has 242 valence electrons. The van der Waals surface area contributed by atoms with E-state index in [0.29, 0.717) is 0 Å². The van der Waals surface area contributed by atoms with Crippen LogP contribution in [0.2, 0.25) is 0 Å². The van der Waals surface area contributed by atoms with Crippen molar-refractivity contribution in [2.75, 3.05) is 13.7 Å². The van der Waals surface area contributed by atoms with E-state index in [9.17, 15) is 50.8 Å². The largest absolute Gasteiger partial charge is 0.507 e. The molecule has 0 saturated carbocycles. The van der Waals surface area contributed by atoms with Gasteiger partial charge in [-0.3, -0.25) is 4.79 Å². The van der Waals surface area contributed by atoms with E-state index in [2.05, 4.69) is 0 Å². The van der Waals surface area contributed by atoms with E-state index in [0.717, 1.165) is 12.1 Å².